The number of nitrogens with one attached hydrogen (secondary N) is 1. The number of sulfonamides is 1. The van der Waals surface area contributed by atoms with Gasteiger partial charge < -0.3 is 5.32 Å². The summed E-state index contributed by atoms with van der Waals surface area (Å²) in [4.78, 5) is 17.3. The molecule has 3 rings (SSSR count). The largest absolute Gasteiger partial charge is 0.325 e. The van der Waals surface area contributed by atoms with E-state index in [0.717, 1.165) is 36.5 Å². The Morgan fingerprint density at radius 1 is 1.15 bits per heavy atom. The lowest BCUT2D eigenvalue weighted by atomic mass is 10.2. The first kappa shape index (κ1) is 20.3. The average molecular weight is 395 g/mol. The zero-order valence-electron chi connectivity index (χ0n) is 16.2. The molecule has 0 spiro atoms. The molecular formula is C19H30N4O3S. The van der Waals surface area contributed by atoms with Crippen LogP contribution in [0.1, 0.15) is 25.7 Å². The van der Waals surface area contributed by atoms with Crippen LogP contribution in [0.25, 0.3) is 0 Å². The van der Waals surface area contributed by atoms with Crippen LogP contribution in [0.3, 0.4) is 0 Å². The Bertz CT molecular complexity index is 752. The molecule has 150 valence electrons. The molecule has 1 aromatic carbocycles. The smallest absolute Gasteiger partial charge is 0.242 e. The van der Waals surface area contributed by atoms with Crippen molar-refractivity contribution < 1.29 is 13.2 Å². The SMILES string of the molecule is CN(C)S(=O)(=O)c1cccc(NC(=O)CN2CCN(C3CCCC3)CC2)c1. The molecule has 0 bridgehead atoms. The third kappa shape index (κ3) is 5.07. The van der Waals surface area contributed by atoms with Crippen molar-refractivity contribution in [1.29, 1.82) is 0 Å². The van der Waals surface area contributed by atoms with Gasteiger partial charge >= 0.3 is 0 Å². The van der Waals surface area contributed by atoms with Crippen molar-refractivity contribution >= 4 is 21.6 Å². The standard InChI is InChI=1S/C19H30N4O3S/c1-21(2)27(25,26)18-9-5-6-16(14-18)20-19(24)15-22-10-12-23(13-11-22)17-7-3-4-8-17/h5-6,9,14,17H,3-4,7-8,10-13,15H2,1-2H3,(H,20,24). The molecule has 8 heteroatoms. The number of rotatable bonds is 6. The van der Waals surface area contributed by atoms with Crippen LogP contribution < -0.4 is 5.32 Å². The maximum absolute atomic E-state index is 12.4. The molecule has 27 heavy (non-hydrogen) atoms. The highest BCUT2D eigenvalue weighted by Crippen LogP contribution is 2.24. The maximum atomic E-state index is 12.4. The number of amides is 1. The van der Waals surface area contributed by atoms with Crippen LogP contribution in [0.5, 0.6) is 0 Å². The predicted molar refractivity (Wildman–Crippen MR) is 106 cm³/mol. The molecule has 0 radical (unpaired) electrons. The lowest BCUT2D eigenvalue weighted by molar-refractivity contribution is -0.117. The second-order valence-corrected chi connectivity index (χ2v) is 9.77. The number of hydrogen-bond acceptors (Lipinski definition) is 5. The summed E-state index contributed by atoms with van der Waals surface area (Å²) >= 11 is 0. The van der Waals surface area contributed by atoms with Crippen LogP contribution in [0.2, 0.25) is 0 Å². The summed E-state index contributed by atoms with van der Waals surface area (Å²) in [6, 6.07) is 7.14. The van der Waals surface area contributed by atoms with Gasteiger partial charge in [-0.3, -0.25) is 14.6 Å². The summed E-state index contributed by atoms with van der Waals surface area (Å²) in [6.07, 6.45) is 5.31. The van der Waals surface area contributed by atoms with Gasteiger partial charge in [0, 0.05) is 52.0 Å². The monoisotopic (exact) mass is 394 g/mol. The summed E-state index contributed by atoms with van der Waals surface area (Å²) in [7, 11) is -0.527. The number of piperazine rings is 1. The van der Waals surface area contributed by atoms with E-state index >= 15 is 0 Å². The van der Waals surface area contributed by atoms with Gasteiger partial charge in [0.1, 0.15) is 0 Å². The molecule has 1 amide bonds. The van der Waals surface area contributed by atoms with Gasteiger partial charge in [-0.2, -0.15) is 0 Å². The van der Waals surface area contributed by atoms with Gasteiger partial charge in [-0.05, 0) is 31.0 Å². The Morgan fingerprint density at radius 2 is 1.81 bits per heavy atom. The lowest BCUT2D eigenvalue weighted by Gasteiger charge is -2.37. The Balaban J connectivity index is 1.51. The highest BCUT2D eigenvalue weighted by Gasteiger charge is 2.26. The number of carbonyl (C=O) groups excluding carboxylic acids is 1. The zero-order valence-corrected chi connectivity index (χ0v) is 17.0. The molecule has 2 fully saturated rings. The van der Waals surface area contributed by atoms with E-state index in [1.807, 2.05) is 0 Å². The Morgan fingerprint density at radius 3 is 2.44 bits per heavy atom. The van der Waals surface area contributed by atoms with Crippen LogP contribution in [0, 0.1) is 0 Å². The van der Waals surface area contributed by atoms with Crippen molar-refractivity contribution in [2.75, 3.05) is 52.1 Å². The van der Waals surface area contributed by atoms with Gasteiger partial charge in [0.15, 0.2) is 0 Å². The summed E-state index contributed by atoms with van der Waals surface area (Å²) in [5.41, 5.74) is 0.507. The quantitative estimate of drug-likeness (QED) is 0.790. The molecular weight excluding hydrogens is 364 g/mol. The Kier molecular flexibility index (Phi) is 6.52. The number of nitrogens with zero attached hydrogens (tertiary/aromatic N) is 3. The third-order valence-electron chi connectivity index (χ3n) is 5.51. The Labute approximate surface area is 162 Å². The second kappa shape index (κ2) is 8.68. The van der Waals surface area contributed by atoms with Gasteiger partial charge in [0.25, 0.3) is 0 Å². The Hall–Kier alpha value is -1.48. The third-order valence-corrected chi connectivity index (χ3v) is 7.32. The number of benzene rings is 1. The summed E-state index contributed by atoms with van der Waals surface area (Å²) in [5.74, 6) is -0.108. The van der Waals surface area contributed by atoms with Gasteiger partial charge in [-0.15, -0.1) is 0 Å². The van der Waals surface area contributed by atoms with Crippen LogP contribution in [0.4, 0.5) is 5.69 Å². The van der Waals surface area contributed by atoms with E-state index in [0.29, 0.717) is 12.2 Å². The minimum atomic E-state index is -3.51. The van der Waals surface area contributed by atoms with Crippen LogP contribution in [0.15, 0.2) is 29.2 Å². The molecule has 1 saturated carbocycles. The topological polar surface area (TPSA) is 73.0 Å². The zero-order chi connectivity index (χ0) is 19.4. The first-order valence-electron chi connectivity index (χ1n) is 9.65. The summed E-state index contributed by atoms with van der Waals surface area (Å²) in [6.45, 7) is 4.18. The van der Waals surface area contributed by atoms with E-state index in [9.17, 15) is 13.2 Å². The maximum Gasteiger partial charge on any atom is 0.242 e. The number of anilines is 1. The highest BCUT2D eigenvalue weighted by molar-refractivity contribution is 7.89. The van der Waals surface area contributed by atoms with E-state index in [-0.39, 0.29) is 10.8 Å². The molecule has 1 heterocycles. The van der Waals surface area contributed by atoms with Gasteiger partial charge in [-0.1, -0.05) is 18.9 Å². The molecule has 1 aliphatic heterocycles. The van der Waals surface area contributed by atoms with Crippen molar-refractivity contribution in [3.05, 3.63) is 24.3 Å². The van der Waals surface area contributed by atoms with Crippen molar-refractivity contribution in [3.8, 4) is 0 Å². The highest BCUT2D eigenvalue weighted by atomic mass is 32.2. The molecule has 0 aromatic heterocycles. The minimum absolute atomic E-state index is 0.108. The van der Waals surface area contributed by atoms with Crippen molar-refractivity contribution in [2.24, 2.45) is 0 Å². The fraction of sp³-hybridized carbons (Fsp3) is 0.632. The fourth-order valence-corrected chi connectivity index (χ4v) is 4.85. The molecule has 1 aromatic rings. The summed E-state index contributed by atoms with van der Waals surface area (Å²) < 4.78 is 25.6. The van der Waals surface area contributed by atoms with E-state index in [1.54, 1.807) is 12.1 Å². The molecule has 1 N–H and O–H groups in total. The van der Waals surface area contributed by atoms with Gasteiger partial charge in [0.05, 0.1) is 11.4 Å². The second-order valence-electron chi connectivity index (χ2n) is 7.61. The number of carbonyl (C=O) groups is 1. The lowest BCUT2D eigenvalue weighted by Crippen LogP contribution is -2.51. The van der Waals surface area contributed by atoms with E-state index in [2.05, 4.69) is 15.1 Å². The van der Waals surface area contributed by atoms with Crippen LogP contribution in [-0.4, -0.2) is 81.3 Å². The first-order valence-corrected chi connectivity index (χ1v) is 11.1. The van der Waals surface area contributed by atoms with E-state index in [1.165, 1.54) is 51.9 Å². The van der Waals surface area contributed by atoms with Gasteiger partial charge in [0.2, 0.25) is 15.9 Å². The minimum Gasteiger partial charge on any atom is -0.325 e. The normalized spacial score (nSPS) is 20.3. The van der Waals surface area contributed by atoms with Gasteiger partial charge in [-0.25, -0.2) is 12.7 Å². The molecule has 1 aliphatic carbocycles. The summed E-state index contributed by atoms with van der Waals surface area (Å²) in [5, 5.41) is 2.83. The van der Waals surface area contributed by atoms with Crippen LogP contribution in [-0.2, 0) is 14.8 Å². The van der Waals surface area contributed by atoms with Crippen LogP contribution >= 0.6 is 0 Å². The van der Waals surface area contributed by atoms with Crippen molar-refractivity contribution in [1.82, 2.24) is 14.1 Å². The average Bonchev–Trinajstić information content (AvgIpc) is 3.17. The predicted octanol–water partition coefficient (Wildman–Crippen LogP) is 1.44. The fourth-order valence-electron chi connectivity index (χ4n) is 3.90. The molecule has 1 saturated heterocycles. The molecule has 0 atom stereocenters. The van der Waals surface area contributed by atoms with E-state index in [4.69, 9.17) is 0 Å². The molecule has 0 unspecified atom stereocenters. The first-order chi connectivity index (χ1) is 12.9. The molecule has 7 nitrogen and oxygen atoms in total. The molecule has 2 aliphatic rings. The van der Waals surface area contributed by atoms with Crippen molar-refractivity contribution in [2.45, 2.75) is 36.6 Å². The number of hydrogen-bond donors (Lipinski definition) is 1. The van der Waals surface area contributed by atoms with E-state index < -0.39 is 10.0 Å². The van der Waals surface area contributed by atoms with Crippen molar-refractivity contribution in [3.63, 3.8) is 0 Å².